The molecule has 5 nitrogen and oxygen atoms in total. The summed E-state index contributed by atoms with van der Waals surface area (Å²) in [4.78, 5) is 2.53. The molecule has 0 aromatic heterocycles. The van der Waals surface area contributed by atoms with Crippen molar-refractivity contribution in [1.82, 2.24) is 15.5 Å². The molecule has 0 saturated heterocycles. The predicted octanol–water partition coefficient (Wildman–Crippen LogP) is 3.98. The van der Waals surface area contributed by atoms with E-state index in [9.17, 15) is 0 Å². The van der Waals surface area contributed by atoms with Crippen molar-refractivity contribution in [2.24, 2.45) is 0 Å². The molecule has 1 heterocycles. The molecule has 0 radical (unpaired) electrons. The molecule has 2 atom stereocenters. The average molecular weight is 428 g/mol. The Labute approximate surface area is 185 Å². The van der Waals surface area contributed by atoms with Crippen LogP contribution in [0.25, 0.3) is 0 Å². The van der Waals surface area contributed by atoms with Gasteiger partial charge in [-0.05, 0) is 68.2 Å². The summed E-state index contributed by atoms with van der Waals surface area (Å²) >= 11 is 5.48. The summed E-state index contributed by atoms with van der Waals surface area (Å²) in [5.74, 6) is 1.55. The van der Waals surface area contributed by atoms with Gasteiger partial charge in [-0.1, -0.05) is 29.8 Å². The maximum atomic E-state index is 5.61. The number of nitrogens with one attached hydrogen (secondary N) is 2. The average Bonchev–Trinajstić information content (AvgIpc) is 2.74. The Morgan fingerprint density at radius 3 is 2.47 bits per heavy atom. The van der Waals surface area contributed by atoms with E-state index in [0.717, 1.165) is 37.6 Å². The molecule has 0 fully saturated rings. The molecular formula is C24H33N3O2S. The molecule has 1 aliphatic rings. The van der Waals surface area contributed by atoms with Gasteiger partial charge < -0.3 is 20.1 Å². The van der Waals surface area contributed by atoms with E-state index >= 15 is 0 Å². The molecule has 2 N–H and O–H groups in total. The fraction of sp³-hybridized carbons (Fsp3) is 0.458. The zero-order chi connectivity index (χ0) is 21.7. The summed E-state index contributed by atoms with van der Waals surface area (Å²) in [7, 11) is 3.38. The SMILES string of the molecule is CCNC(=S)N[C@@H](C)[C@@H]1c2cc(OC)c(OC)cc2CCN1Cc1ccc(C)cc1. The number of benzene rings is 2. The van der Waals surface area contributed by atoms with Crippen LogP contribution >= 0.6 is 12.2 Å². The maximum Gasteiger partial charge on any atom is 0.166 e. The van der Waals surface area contributed by atoms with Gasteiger partial charge in [-0.3, -0.25) is 4.90 Å². The highest BCUT2D eigenvalue weighted by molar-refractivity contribution is 7.80. The third-order valence-electron chi connectivity index (χ3n) is 5.70. The lowest BCUT2D eigenvalue weighted by molar-refractivity contribution is 0.149. The quantitative estimate of drug-likeness (QED) is 0.652. The van der Waals surface area contributed by atoms with Crippen LogP contribution in [0.15, 0.2) is 36.4 Å². The van der Waals surface area contributed by atoms with Gasteiger partial charge in [0.15, 0.2) is 16.6 Å². The molecule has 30 heavy (non-hydrogen) atoms. The monoisotopic (exact) mass is 427 g/mol. The number of rotatable bonds is 7. The van der Waals surface area contributed by atoms with Gasteiger partial charge in [-0.2, -0.15) is 0 Å². The molecular weight excluding hydrogens is 394 g/mol. The van der Waals surface area contributed by atoms with Crippen LogP contribution in [0.5, 0.6) is 11.5 Å². The molecule has 0 bridgehead atoms. The standard InChI is InChI=1S/C24H33N3O2S/c1-6-25-24(30)26-17(3)23-20-14-22(29-5)21(28-4)13-19(20)11-12-27(23)15-18-9-7-16(2)8-10-18/h7-10,13-14,17,23H,6,11-12,15H2,1-5H3,(H2,25,26,30)/t17-,23+/m0/s1. The first-order chi connectivity index (χ1) is 14.5. The fourth-order valence-corrected chi connectivity index (χ4v) is 4.55. The number of methoxy groups -OCH3 is 2. The van der Waals surface area contributed by atoms with Crippen molar-refractivity contribution in [3.05, 3.63) is 58.7 Å². The molecule has 1 aliphatic heterocycles. The second-order valence-corrected chi connectivity index (χ2v) is 8.26. The number of thiocarbonyl (C=S) groups is 1. The minimum Gasteiger partial charge on any atom is -0.493 e. The number of nitrogens with zero attached hydrogens (tertiary/aromatic N) is 1. The fourth-order valence-electron chi connectivity index (χ4n) is 4.22. The molecule has 2 aromatic carbocycles. The number of aryl methyl sites for hydroxylation is 1. The zero-order valence-electron chi connectivity index (χ0n) is 18.6. The van der Waals surface area contributed by atoms with Crippen molar-refractivity contribution in [2.45, 2.75) is 45.8 Å². The van der Waals surface area contributed by atoms with Crippen LogP contribution in [-0.2, 0) is 13.0 Å². The van der Waals surface area contributed by atoms with E-state index in [4.69, 9.17) is 21.7 Å². The highest BCUT2D eigenvalue weighted by atomic mass is 32.1. The topological polar surface area (TPSA) is 45.8 Å². The third kappa shape index (κ3) is 5.05. The van der Waals surface area contributed by atoms with E-state index in [-0.39, 0.29) is 12.1 Å². The summed E-state index contributed by atoms with van der Waals surface area (Å²) in [6, 6.07) is 13.3. The van der Waals surface area contributed by atoms with E-state index in [1.807, 2.05) is 0 Å². The van der Waals surface area contributed by atoms with Crippen LogP contribution in [0.3, 0.4) is 0 Å². The van der Waals surface area contributed by atoms with Gasteiger partial charge in [0.05, 0.1) is 20.3 Å². The van der Waals surface area contributed by atoms with E-state index in [2.05, 4.69) is 72.7 Å². The molecule has 0 unspecified atom stereocenters. The third-order valence-corrected chi connectivity index (χ3v) is 5.96. The first-order valence-electron chi connectivity index (χ1n) is 10.6. The van der Waals surface area contributed by atoms with Crippen molar-refractivity contribution < 1.29 is 9.47 Å². The van der Waals surface area contributed by atoms with Gasteiger partial charge in [0, 0.05) is 25.7 Å². The van der Waals surface area contributed by atoms with E-state index in [0.29, 0.717) is 5.11 Å². The molecule has 0 saturated carbocycles. The molecule has 3 rings (SSSR count). The number of hydrogen-bond acceptors (Lipinski definition) is 4. The Kier molecular flexibility index (Phi) is 7.56. The van der Waals surface area contributed by atoms with Crippen molar-refractivity contribution >= 4 is 17.3 Å². The Bertz CT molecular complexity index is 869. The van der Waals surface area contributed by atoms with Crippen LogP contribution in [-0.4, -0.2) is 43.4 Å². The van der Waals surface area contributed by atoms with Gasteiger partial charge in [-0.15, -0.1) is 0 Å². The molecule has 0 spiro atoms. The minimum atomic E-state index is 0.124. The minimum absolute atomic E-state index is 0.124. The summed E-state index contributed by atoms with van der Waals surface area (Å²) in [6.07, 6.45) is 0.975. The Hall–Kier alpha value is -2.31. The molecule has 6 heteroatoms. The number of fused-ring (bicyclic) bond motifs is 1. The molecule has 0 amide bonds. The van der Waals surface area contributed by atoms with E-state index < -0.39 is 0 Å². The summed E-state index contributed by atoms with van der Waals surface area (Å²) in [5, 5.41) is 7.38. The van der Waals surface area contributed by atoms with Crippen LogP contribution in [0.4, 0.5) is 0 Å². The largest absolute Gasteiger partial charge is 0.493 e. The normalized spacial score (nSPS) is 17.0. The summed E-state index contributed by atoms with van der Waals surface area (Å²) in [6.45, 7) is 9.03. The maximum absolute atomic E-state index is 5.61. The van der Waals surface area contributed by atoms with Gasteiger partial charge >= 0.3 is 0 Å². The Morgan fingerprint density at radius 2 is 1.83 bits per heavy atom. The molecule has 162 valence electrons. The van der Waals surface area contributed by atoms with Gasteiger partial charge in [-0.25, -0.2) is 0 Å². The van der Waals surface area contributed by atoms with E-state index in [1.165, 1.54) is 22.3 Å². The lowest BCUT2D eigenvalue weighted by Crippen LogP contribution is -2.49. The predicted molar refractivity (Wildman–Crippen MR) is 126 cm³/mol. The highest BCUT2D eigenvalue weighted by Gasteiger charge is 2.33. The molecule has 2 aromatic rings. The van der Waals surface area contributed by atoms with Gasteiger partial charge in [0.1, 0.15) is 0 Å². The smallest absolute Gasteiger partial charge is 0.166 e. The lowest BCUT2D eigenvalue weighted by Gasteiger charge is -2.41. The van der Waals surface area contributed by atoms with Crippen molar-refractivity contribution in [3.63, 3.8) is 0 Å². The number of ether oxygens (including phenoxy) is 2. The van der Waals surface area contributed by atoms with Crippen LogP contribution in [0, 0.1) is 6.92 Å². The first kappa shape index (κ1) is 22.4. The lowest BCUT2D eigenvalue weighted by atomic mass is 9.87. The van der Waals surface area contributed by atoms with Crippen molar-refractivity contribution in [2.75, 3.05) is 27.3 Å². The second-order valence-electron chi connectivity index (χ2n) is 7.85. The molecule has 0 aliphatic carbocycles. The van der Waals surface area contributed by atoms with Crippen LogP contribution < -0.4 is 20.1 Å². The highest BCUT2D eigenvalue weighted by Crippen LogP contribution is 2.40. The van der Waals surface area contributed by atoms with Gasteiger partial charge in [0.25, 0.3) is 0 Å². The van der Waals surface area contributed by atoms with Crippen molar-refractivity contribution in [1.29, 1.82) is 0 Å². The van der Waals surface area contributed by atoms with Crippen molar-refractivity contribution in [3.8, 4) is 11.5 Å². The zero-order valence-corrected chi connectivity index (χ0v) is 19.4. The summed E-state index contributed by atoms with van der Waals surface area (Å²) in [5.41, 5.74) is 5.17. The van der Waals surface area contributed by atoms with Gasteiger partial charge in [0.2, 0.25) is 0 Å². The van der Waals surface area contributed by atoms with Crippen LogP contribution in [0.2, 0.25) is 0 Å². The Morgan fingerprint density at radius 1 is 1.17 bits per heavy atom. The number of hydrogen-bond donors (Lipinski definition) is 2. The first-order valence-corrected chi connectivity index (χ1v) is 11.0. The summed E-state index contributed by atoms with van der Waals surface area (Å²) < 4.78 is 11.2. The second kappa shape index (κ2) is 10.1. The Balaban J connectivity index is 1.96. The van der Waals surface area contributed by atoms with E-state index in [1.54, 1.807) is 14.2 Å². The van der Waals surface area contributed by atoms with Crippen LogP contribution in [0.1, 0.15) is 42.1 Å².